The maximum atomic E-state index is 5.28. The van der Waals surface area contributed by atoms with Crippen LogP contribution in [0.4, 0.5) is 0 Å². The van der Waals surface area contributed by atoms with E-state index in [2.05, 4.69) is 4.57 Å². The van der Waals surface area contributed by atoms with Crippen LogP contribution in [0.3, 0.4) is 0 Å². The molecular weight excluding hydrogens is 122 g/mol. The highest BCUT2D eigenvalue weighted by Gasteiger charge is 2.36. The number of hydrogen-bond donors (Lipinski definition) is 0. The third kappa shape index (κ3) is 0.611. The molecule has 0 saturated carbocycles. The molecule has 0 aromatic heterocycles. The fraction of sp³-hybridized carbons (Fsp3) is 1.00. The summed E-state index contributed by atoms with van der Waals surface area (Å²) in [4.78, 5) is 0. The lowest BCUT2D eigenvalue weighted by atomic mass is 10.6. The van der Waals surface area contributed by atoms with Gasteiger partial charge in [-0.1, -0.05) is 0 Å². The lowest BCUT2D eigenvalue weighted by Crippen LogP contribution is -2.28. The van der Waals surface area contributed by atoms with Gasteiger partial charge in [-0.2, -0.15) is 0 Å². The zero-order valence-corrected chi connectivity index (χ0v) is 5.59. The summed E-state index contributed by atoms with van der Waals surface area (Å²) in [6.07, 6.45) is 0. The van der Waals surface area contributed by atoms with Gasteiger partial charge in [0.2, 0.25) is 0 Å². The molecule has 1 radical (unpaired) electrons. The van der Waals surface area contributed by atoms with Gasteiger partial charge in [-0.3, -0.25) is 4.57 Å². The summed E-state index contributed by atoms with van der Waals surface area (Å²) in [5.41, 5.74) is 0. The Balaban J connectivity index is 2.04. The molecule has 2 heterocycles. The van der Waals surface area contributed by atoms with E-state index in [1.54, 1.807) is 0 Å². The summed E-state index contributed by atoms with van der Waals surface area (Å²) >= 11 is 0. The van der Waals surface area contributed by atoms with Crippen LogP contribution >= 0.6 is 0 Å². The monoisotopic (exact) mass is 130 g/mol. The third-order valence-electron chi connectivity index (χ3n) is 1.43. The van der Waals surface area contributed by atoms with E-state index in [0.717, 1.165) is 26.3 Å². The topological polar surface area (TPSA) is 21.7 Å². The van der Waals surface area contributed by atoms with Crippen molar-refractivity contribution in [1.29, 1.82) is 0 Å². The van der Waals surface area contributed by atoms with Crippen molar-refractivity contribution in [1.82, 2.24) is 4.57 Å². The Morgan fingerprint density at radius 2 is 1.75 bits per heavy atom. The second-order valence-electron chi connectivity index (χ2n) is 1.95. The van der Waals surface area contributed by atoms with Crippen molar-refractivity contribution in [3.05, 3.63) is 0 Å². The molecule has 0 N–H and O–H groups in total. The van der Waals surface area contributed by atoms with E-state index in [1.165, 1.54) is 0 Å². The van der Waals surface area contributed by atoms with Crippen molar-refractivity contribution in [2.24, 2.45) is 0 Å². The molecule has 2 rings (SSSR count). The average Bonchev–Trinajstić information content (AvgIpc) is 2.15. The average molecular weight is 130 g/mol. The molecule has 45 valence electrons. The van der Waals surface area contributed by atoms with Crippen LogP contribution in [-0.2, 0) is 8.85 Å². The first-order chi connectivity index (χ1) is 3.97. The SMILES string of the molecule is C1CN2CCO[Si]2O1. The van der Waals surface area contributed by atoms with Gasteiger partial charge >= 0.3 is 9.45 Å². The Labute approximate surface area is 50.1 Å². The zero-order valence-electron chi connectivity index (χ0n) is 4.59. The lowest BCUT2D eigenvalue weighted by Gasteiger charge is -2.02. The van der Waals surface area contributed by atoms with E-state index in [-0.39, 0.29) is 0 Å². The van der Waals surface area contributed by atoms with Gasteiger partial charge in [0.15, 0.2) is 0 Å². The second kappa shape index (κ2) is 1.80. The summed E-state index contributed by atoms with van der Waals surface area (Å²) in [7, 11) is -0.885. The molecule has 0 spiro atoms. The predicted molar refractivity (Wildman–Crippen MR) is 29.2 cm³/mol. The van der Waals surface area contributed by atoms with Crippen LogP contribution in [0.2, 0.25) is 0 Å². The van der Waals surface area contributed by atoms with Crippen LogP contribution in [0.25, 0.3) is 0 Å². The first-order valence-electron chi connectivity index (χ1n) is 2.84. The van der Waals surface area contributed by atoms with Crippen molar-refractivity contribution < 1.29 is 8.85 Å². The Morgan fingerprint density at radius 3 is 2.25 bits per heavy atom. The van der Waals surface area contributed by atoms with Gasteiger partial charge in [0.05, 0.1) is 0 Å². The van der Waals surface area contributed by atoms with Crippen LogP contribution in [0.15, 0.2) is 0 Å². The quantitative estimate of drug-likeness (QED) is 0.406. The zero-order chi connectivity index (χ0) is 5.40. The van der Waals surface area contributed by atoms with E-state index < -0.39 is 9.45 Å². The number of nitrogens with zero attached hydrogens (tertiary/aromatic N) is 1. The van der Waals surface area contributed by atoms with Crippen molar-refractivity contribution in [3.63, 3.8) is 0 Å². The van der Waals surface area contributed by atoms with Gasteiger partial charge in [-0.05, 0) is 0 Å². The van der Waals surface area contributed by atoms with Crippen LogP contribution in [0.5, 0.6) is 0 Å². The molecule has 3 nitrogen and oxygen atoms in total. The Kier molecular flexibility index (Phi) is 1.11. The normalized spacial score (nSPS) is 31.5. The third-order valence-corrected chi connectivity index (χ3v) is 3.30. The van der Waals surface area contributed by atoms with Gasteiger partial charge in [0.1, 0.15) is 0 Å². The molecule has 2 aliphatic heterocycles. The van der Waals surface area contributed by atoms with Gasteiger partial charge < -0.3 is 8.85 Å². The maximum absolute atomic E-state index is 5.28. The lowest BCUT2D eigenvalue weighted by molar-refractivity contribution is 0.248. The highest BCUT2D eigenvalue weighted by atomic mass is 28.3. The molecule has 0 aromatic rings. The van der Waals surface area contributed by atoms with E-state index in [0.29, 0.717) is 0 Å². The Bertz CT molecular complexity index is 80.0. The van der Waals surface area contributed by atoms with Crippen molar-refractivity contribution in [3.8, 4) is 0 Å². The summed E-state index contributed by atoms with van der Waals surface area (Å²) in [5, 5.41) is 0. The first kappa shape index (κ1) is 4.93. The van der Waals surface area contributed by atoms with Gasteiger partial charge in [-0.15, -0.1) is 0 Å². The van der Waals surface area contributed by atoms with Gasteiger partial charge in [-0.25, -0.2) is 0 Å². The van der Waals surface area contributed by atoms with Crippen LogP contribution in [0, 0.1) is 0 Å². The van der Waals surface area contributed by atoms with Gasteiger partial charge in [0, 0.05) is 26.3 Å². The molecule has 0 unspecified atom stereocenters. The second-order valence-corrected chi connectivity index (χ2v) is 3.69. The molecule has 0 atom stereocenters. The molecule has 2 aliphatic rings. The molecule has 8 heavy (non-hydrogen) atoms. The van der Waals surface area contributed by atoms with E-state index in [1.807, 2.05) is 0 Å². The molecule has 0 amide bonds. The van der Waals surface area contributed by atoms with E-state index in [4.69, 9.17) is 8.85 Å². The fourth-order valence-corrected chi connectivity index (χ4v) is 2.53. The maximum Gasteiger partial charge on any atom is 0.491 e. The minimum Gasteiger partial charge on any atom is -0.380 e. The summed E-state index contributed by atoms with van der Waals surface area (Å²) in [5.74, 6) is 0. The van der Waals surface area contributed by atoms with Crippen LogP contribution in [0.1, 0.15) is 0 Å². The molecular formula is C4H8NO2Si. The Morgan fingerprint density at radius 1 is 1.12 bits per heavy atom. The van der Waals surface area contributed by atoms with Crippen LogP contribution < -0.4 is 0 Å². The first-order valence-corrected chi connectivity index (χ1v) is 4.11. The molecule has 2 saturated heterocycles. The minimum absolute atomic E-state index is 0.883. The smallest absolute Gasteiger partial charge is 0.380 e. The highest BCUT2D eigenvalue weighted by Crippen LogP contribution is 2.11. The fourth-order valence-electron chi connectivity index (χ4n) is 1.00. The molecule has 4 heteroatoms. The number of hydrogen-bond acceptors (Lipinski definition) is 3. The standard InChI is InChI=1S/C4H8NO2Si/c1-3-6-8-5(1)2-4-7-8/h1-4H2. The van der Waals surface area contributed by atoms with Crippen molar-refractivity contribution in [2.45, 2.75) is 0 Å². The summed E-state index contributed by atoms with van der Waals surface area (Å²) < 4.78 is 12.9. The number of fused-ring (bicyclic) bond motifs is 1. The van der Waals surface area contributed by atoms with E-state index in [9.17, 15) is 0 Å². The molecule has 0 bridgehead atoms. The minimum atomic E-state index is -0.885. The highest BCUT2D eigenvalue weighted by molar-refractivity contribution is 6.42. The summed E-state index contributed by atoms with van der Waals surface area (Å²) in [6, 6.07) is 0. The molecule has 2 fully saturated rings. The molecule has 0 aromatic carbocycles. The van der Waals surface area contributed by atoms with Crippen LogP contribution in [-0.4, -0.2) is 40.3 Å². The van der Waals surface area contributed by atoms with Crippen molar-refractivity contribution >= 4 is 9.45 Å². The number of rotatable bonds is 0. The van der Waals surface area contributed by atoms with E-state index >= 15 is 0 Å². The predicted octanol–water partition coefficient (Wildman–Crippen LogP) is -0.666. The Hall–Kier alpha value is 0.0969. The summed E-state index contributed by atoms with van der Waals surface area (Å²) in [6.45, 7) is 3.95. The van der Waals surface area contributed by atoms with Gasteiger partial charge in [0.25, 0.3) is 0 Å². The molecule has 0 aliphatic carbocycles. The van der Waals surface area contributed by atoms with Crippen molar-refractivity contribution in [2.75, 3.05) is 26.3 Å². The largest absolute Gasteiger partial charge is 0.491 e.